The fourth-order valence-corrected chi connectivity index (χ4v) is 3.34. The number of anilines is 1. The van der Waals surface area contributed by atoms with Crippen molar-refractivity contribution >= 4 is 24.0 Å². The molecule has 0 amide bonds. The number of aromatic nitrogens is 2. The summed E-state index contributed by atoms with van der Waals surface area (Å²) in [5.74, 6) is -2.68. The smallest absolute Gasteiger partial charge is 0.316 e. The first-order chi connectivity index (χ1) is 12.3. The lowest BCUT2D eigenvalue weighted by molar-refractivity contribution is -0.151. The lowest BCUT2D eigenvalue weighted by Crippen LogP contribution is -2.38. The maximum Gasteiger partial charge on any atom is 0.316 e. The molecule has 0 bridgehead atoms. The molecule has 0 fully saturated rings. The number of rotatable bonds is 3. The molecule has 2 heterocycles. The van der Waals surface area contributed by atoms with Crippen LogP contribution in [0.2, 0.25) is 0 Å². The molecule has 1 aromatic heterocycles. The molecule has 8 heteroatoms. The summed E-state index contributed by atoms with van der Waals surface area (Å²) in [5.41, 5.74) is 0.187. The van der Waals surface area contributed by atoms with Crippen LogP contribution in [0.1, 0.15) is 30.9 Å². The third-order valence-electron chi connectivity index (χ3n) is 4.13. The van der Waals surface area contributed by atoms with Crippen molar-refractivity contribution in [2.75, 3.05) is 5.32 Å². The number of hydrogen-bond donors (Lipinski definition) is 3. The molecular formula is C18H18FN3O3S. The van der Waals surface area contributed by atoms with Crippen LogP contribution >= 0.6 is 12.2 Å². The minimum Gasteiger partial charge on any atom is -0.462 e. The Morgan fingerprint density at radius 1 is 1.31 bits per heavy atom. The van der Waals surface area contributed by atoms with Gasteiger partial charge in [-0.3, -0.25) is 14.6 Å². The highest BCUT2D eigenvalue weighted by Gasteiger charge is 2.42. The summed E-state index contributed by atoms with van der Waals surface area (Å²) in [7, 11) is 0. The first kappa shape index (κ1) is 18.1. The molecule has 2 aromatic rings. The molecule has 0 radical (unpaired) electrons. The largest absolute Gasteiger partial charge is 0.462 e. The van der Waals surface area contributed by atoms with Gasteiger partial charge in [0.05, 0.1) is 11.7 Å². The van der Waals surface area contributed by atoms with Gasteiger partial charge in [-0.15, -0.1) is 0 Å². The summed E-state index contributed by atoms with van der Waals surface area (Å²) in [4.78, 5) is 30.6. The second-order valence-electron chi connectivity index (χ2n) is 6.31. The van der Waals surface area contributed by atoms with Crippen LogP contribution in [0, 0.1) is 16.5 Å². The first-order valence-corrected chi connectivity index (χ1v) is 8.47. The van der Waals surface area contributed by atoms with Crippen molar-refractivity contribution < 1.29 is 13.9 Å². The monoisotopic (exact) mass is 375 g/mol. The summed E-state index contributed by atoms with van der Waals surface area (Å²) in [5, 5.41) is 2.90. The van der Waals surface area contributed by atoms with E-state index >= 15 is 0 Å². The molecule has 26 heavy (non-hydrogen) atoms. The van der Waals surface area contributed by atoms with Crippen LogP contribution in [0.4, 0.5) is 10.2 Å². The van der Waals surface area contributed by atoms with Crippen LogP contribution in [-0.4, -0.2) is 22.0 Å². The number of carbonyl (C=O) groups is 1. The van der Waals surface area contributed by atoms with E-state index < -0.39 is 29.2 Å². The lowest BCUT2D eigenvalue weighted by atomic mass is 9.77. The van der Waals surface area contributed by atoms with Gasteiger partial charge in [0.2, 0.25) is 0 Å². The molecule has 3 rings (SSSR count). The number of halogens is 1. The highest BCUT2D eigenvalue weighted by atomic mass is 32.1. The van der Waals surface area contributed by atoms with Gasteiger partial charge in [-0.05, 0) is 37.7 Å². The van der Waals surface area contributed by atoms with Crippen molar-refractivity contribution in [2.45, 2.75) is 25.9 Å². The molecule has 3 N–H and O–H groups in total. The summed E-state index contributed by atoms with van der Waals surface area (Å²) in [6.07, 6.45) is -0.363. The molecule has 0 spiro atoms. The van der Waals surface area contributed by atoms with Crippen molar-refractivity contribution in [1.29, 1.82) is 0 Å². The van der Waals surface area contributed by atoms with Gasteiger partial charge in [0, 0.05) is 11.6 Å². The second-order valence-corrected chi connectivity index (χ2v) is 6.72. The van der Waals surface area contributed by atoms with E-state index in [4.69, 9.17) is 17.0 Å². The van der Waals surface area contributed by atoms with Crippen molar-refractivity contribution in [1.82, 2.24) is 9.97 Å². The van der Waals surface area contributed by atoms with E-state index in [1.165, 1.54) is 6.07 Å². The van der Waals surface area contributed by atoms with E-state index in [2.05, 4.69) is 21.9 Å². The van der Waals surface area contributed by atoms with Gasteiger partial charge in [0.1, 0.15) is 17.6 Å². The predicted molar refractivity (Wildman–Crippen MR) is 98.0 cm³/mol. The summed E-state index contributed by atoms with van der Waals surface area (Å²) >= 11 is 5.00. The number of aromatic amines is 2. The normalized spacial score (nSPS) is 19.0. The Balaban J connectivity index is 2.26. The third-order valence-corrected chi connectivity index (χ3v) is 4.34. The van der Waals surface area contributed by atoms with Crippen molar-refractivity contribution in [3.63, 3.8) is 0 Å². The van der Waals surface area contributed by atoms with Crippen molar-refractivity contribution in [3.8, 4) is 0 Å². The Hall–Kier alpha value is -2.74. The molecule has 1 aromatic carbocycles. The Bertz CT molecular complexity index is 996. The molecule has 0 aliphatic carbocycles. The molecule has 1 aliphatic heterocycles. The van der Waals surface area contributed by atoms with E-state index in [9.17, 15) is 14.0 Å². The average molecular weight is 375 g/mol. The SMILES string of the molecule is C=C1Nc2[nH]c(=S)[nH]c(=O)c2[C@@H](c2ccccc2F)[C@H]1C(=O)OC(C)C. The molecule has 1 aliphatic rings. The number of carbonyl (C=O) groups excluding carboxylic acids is 1. The van der Waals surface area contributed by atoms with Crippen molar-refractivity contribution in [2.24, 2.45) is 5.92 Å². The Morgan fingerprint density at radius 3 is 2.65 bits per heavy atom. The number of esters is 1. The number of ether oxygens (including phenoxy) is 1. The quantitative estimate of drug-likeness (QED) is 0.566. The highest BCUT2D eigenvalue weighted by molar-refractivity contribution is 7.71. The van der Waals surface area contributed by atoms with E-state index in [0.29, 0.717) is 11.5 Å². The minimum absolute atomic E-state index is 0.115. The van der Waals surface area contributed by atoms with E-state index in [-0.39, 0.29) is 22.0 Å². The molecule has 0 saturated carbocycles. The number of nitrogens with one attached hydrogen (secondary N) is 3. The Labute approximate surface area is 154 Å². The number of H-pyrrole nitrogens is 2. The fourth-order valence-electron chi connectivity index (χ4n) is 3.14. The van der Waals surface area contributed by atoms with Crippen LogP contribution in [0.25, 0.3) is 0 Å². The molecule has 0 saturated heterocycles. The zero-order chi connectivity index (χ0) is 19.0. The maximum absolute atomic E-state index is 14.6. The van der Waals surface area contributed by atoms with Gasteiger partial charge in [0.25, 0.3) is 5.56 Å². The minimum atomic E-state index is -0.965. The highest BCUT2D eigenvalue weighted by Crippen LogP contribution is 2.42. The van der Waals surface area contributed by atoms with E-state index in [0.717, 1.165) is 0 Å². The topological polar surface area (TPSA) is 87.0 Å². The number of hydrogen-bond acceptors (Lipinski definition) is 5. The third kappa shape index (κ3) is 3.20. The van der Waals surface area contributed by atoms with Crippen LogP contribution < -0.4 is 10.9 Å². The first-order valence-electron chi connectivity index (χ1n) is 8.06. The van der Waals surface area contributed by atoms with E-state index in [1.54, 1.807) is 32.0 Å². The molecule has 136 valence electrons. The molecular weight excluding hydrogens is 357 g/mol. The van der Waals surface area contributed by atoms with Crippen LogP contribution in [0.3, 0.4) is 0 Å². The number of benzene rings is 1. The Kier molecular flexibility index (Phi) is 4.78. The van der Waals surface area contributed by atoms with Gasteiger partial charge in [0.15, 0.2) is 4.77 Å². The zero-order valence-electron chi connectivity index (χ0n) is 14.3. The van der Waals surface area contributed by atoms with E-state index in [1.807, 2.05) is 0 Å². The summed E-state index contributed by atoms with van der Waals surface area (Å²) < 4.78 is 20.0. The predicted octanol–water partition coefficient (Wildman–Crippen LogP) is 3.21. The molecule has 6 nitrogen and oxygen atoms in total. The van der Waals surface area contributed by atoms with Gasteiger partial charge < -0.3 is 15.0 Å². The maximum atomic E-state index is 14.6. The standard InChI is InChI=1S/C18H18FN3O3S/c1-8(2)25-17(24)12-9(3)20-15-14(16(23)22-18(26)21-15)13(12)10-6-4-5-7-11(10)19/h4-8,12-13H,3H2,1-2H3,(H3,20,21,22,23,26)/t12-,13-/m0/s1. The second kappa shape index (κ2) is 6.87. The van der Waals surface area contributed by atoms with Crippen LogP contribution in [0.15, 0.2) is 41.3 Å². The van der Waals surface area contributed by atoms with Gasteiger partial charge in [-0.2, -0.15) is 0 Å². The summed E-state index contributed by atoms with van der Waals surface area (Å²) in [6.45, 7) is 7.32. The zero-order valence-corrected chi connectivity index (χ0v) is 15.1. The lowest BCUT2D eigenvalue weighted by Gasteiger charge is -2.34. The fraction of sp³-hybridized carbons (Fsp3) is 0.278. The van der Waals surface area contributed by atoms with Gasteiger partial charge >= 0.3 is 5.97 Å². The average Bonchev–Trinajstić information content (AvgIpc) is 2.52. The molecule has 0 unspecified atom stereocenters. The van der Waals surface area contributed by atoms with Crippen molar-refractivity contribution in [3.05, 3.63) is 68.6 Å². The van der Waals surface area contributed by atoms with Crippen LogP contribution in [0.5, 0.6) is 0 Å². The van der Waals surface area contributed by atoms with Gasteiger partial charge in [-0.25, -0.2) is 4.39 Å². The Morgan fingerprint density at radius 2 is 2.00 bits per heavy atom. The number of fused-ring (bicyclic) bond motifs is 1. The molecule has 2 atom stereocenters. The summed E-state index contributed by atoms with van der Waals surface area (Å²) in [6, 6.07) is 6.01. The van der Waals surface area contributed by atoms with Crippen LogP contribution in [-0.2, 0) is 9.53 Å². The van der Waals surface area contributed by atoms with Gasteiger partial charge in [-0.1, -0.05) is 24.8 Å².